The van der Waals surface area contributed by atoms with Crippen LogP contribution in [0.15, 0.2) is 0 Å². The Kier molecular flexibility index (Phi) is 12.2. The first-order valence-corrected chi connectivity index (χ1v) is 7.45. The summed E-state index contributed by atoms with van der Waals surface area (Å²) in [5, 5.41) is 10.5. The molecule has 1 aliphatic heterocycles. The topological polar surface area (TPSA) is 67.8 Å². The van der Waals surface area contributed by atoms with Crippen LogP contribution in [0, 0.1) is 5.92 Å². The number of carboxylic acid groups (broad SMARTS) is 1. The van der Waals surface area contributed by atoms with E-state index in [0.29, 0.717) is 0 Å². The van der Waals surface area contributed by atoms with Gasteiger partial charge in [0.1, 0.15) is 0 Å². The number of piperidine rings is 1. The largest absolute Gasteiger partial charge is 0.490 e. The standard InChI is InChI=1S/C12H25NO2.C2HF3O2/c1-14-9-3-2-4-10-15-11-12-5-7-13-8-6-12;3-2(4,5)1(6)7/h12-13H,2-11H2,1H3;(H,6,7). The van der Waals surface area contributed by atoms with Gasteiger partial charge in [0.05, 0.1) is 0 Å². The summed E-state index contributed by atoms with van der Waals surface area (Å²) in [6, 6.07) is 0. The summed E-state index contributed by atoms with van der Waals surface area (Å²) in [6.45, 7) is 5.11. The Bertz CT molecular complexity index is 282. The molecule has 1 heterocycles. The minimum absolute atomic E-state index is 0.797. The molecule has 132 valence electrons. The number of carboxylic acids is 1. The molecule has 1 aliphatic rings. The smallest absolute Gasteiger partial charge is 0.475 e. The zero-order valence-corrected chi connectivity index (χ0v) is 13.0. The van der Waals surface area contributed by atoms with Crippen molar-refractivity contribution >= 4 is 5.97 Å². The number of carbonyl (C=O) groups is 1. The molecule has 0 aromatic carbocycles. The van der Waals surface area contributed by atoms with Crippen LogP contribution in [-0.2, 0) is 14.3 Å². The van der Waals surface area contributed by atoms with Gasteiger partial charge in [-0.05, 0) is 51.1 Å². The summed E-state index contributed by atoms with van der Waals surface area (Å²) in [6.07, 6.45) is 1.04. The number of alkyl halides is 3. The number of ether oxygens (including phenoxy) is 2. The van der Waals surface area contributed by atoms with Crippen LogP contribution in [0.5, 0.6) is 0 Å². The van der Waals surface area contributed by atoms with Crippen molar-refractivity contribution < 1.29 is 32.5 Å². The van der Waals surface area contributed by atoms with Crippen LogP contribution in [0.2, 0.25) is 0 Å². The molecule has 0 radical (unpaired) electrons. The monoisotopic (exact) mass is 329 g/mol. The van der Waals surface area contributed by atoms with E-state index in [1.807, 2.05) is 0 Å². The van der Waals surface area contributed by atoms with Gasteiger partial charge >= 0.3 is 12.1 Å². The van der Waals surface area contributed by atoms with Crippen molar-refractivity contribution in [3.63, 3.8) is 0 Å². The summed E-state index contributed by atoms with van der Waals surface area (Å²) in [5.41, 5.74) is 0. The number of nitrogens with one attached hydrogen (secondary N) is 1. The van der Waals surface area contributed by atoms with Crippen LogP contribution >= 0.6 is 0 Å². The second-order valence-electron chi connectivity index (χ2n) is 5.12. The van der Waals surface area contributed by atoms with E-state index in [2.05, 4.69) is 5.32 Å². The minimum Gasteiger partial charge on any atom is -0.475 e. The van der Waals surface area contributed by atoms with Gasteiger partial charge in [0.2, 0.25) is 0 Å². The zero-order chi connectivity index (χ0) is 16.8. The highest BCUT2D eigenvalue weighted by Gasteiger charge is 2.38. The molecule has 0 aliphatic carbocycles. The first-order chi connectivity index (χ1) is 10.4. The van der Waals surface area contributed by atoms with E-state index in [4.69, 9.17) is 19.4 Å². The number of aliphatic carboxylic acids is 1. The highest BCUT2D eigenvalue weighted by atomic mass is 19.4. The van der Waals surface area contributed by atoms with Crippen molar-refractivity contribution in [2.24, 2.45) is 5.92 Å². The number of hydrogen-bond acceptors (Lipinski definition) is 4. The Morgan fingerprint density at radius 1 is 1.18 bits per heavy atom. The Morgan fingerprint density at radius 3 is 2.23 bits per heavy atom. The van der Waals surface area contributed by atoms with Gasteiger partial charge < -0.3 is 19.9 Å². The van der Waals surface area contributed by atoms with Crippen LogP contribution in [-0.4, -0.2) is 57.3 Å². The van der Waals surface area contributed by atoms with E-state index in [1.54, 1.807) is 7.11 Å². The van der Waals surface area contributed by atoms with E-state index in [9.17, 15) is 13.2 Å². The average Bonchev–Trinajstić information content (AvgIpc) is 2.47. The van der Waals surface area contributed by atoms with Crippen LogP contribution in [0.3, 0.4) is 0 Å². The molecule has 0 aromatic rings. The van der Waals surface area contributed by atoms with Crippen molar-refractivity contribution in [3.8, 4) is 0 Å². The van der Waals surface area contributed by atoms with Crippen LogP contribution < -0.4 is 5.32 Å². The number of rotatable bonds is 8. The first-order valence-electron chi connectivity index (χ1n) is 7.45. The third kappa shape index (κ3) is 12.8. The Labute approximate surface area is 129 Å². The van der Waals surface area contributed by atoms with Gasteiger partial charge in [-0.2, -0.15) is 13.2 Å². The summed E-state index contributed by atoms with van der Waals surface area (Å²) < 4.78 is 42.4. The van der Waals surface area contributed by atoms with Crippen LogP contribution in [0.25, 0.3) is 0 Å². The molecule has 0 aromatic heterocycles. The fourth-order valence-corrected chi connectivity index (χ4v) is 1.93. The molecule has 0 amide bonds. The molecule has 0 unspecified atom stereocenters. The van der Waals surface area contributed by atoms with Crippen molar-refractivity contribution in [2.75, 3.05) is 40.0 Å². The quantitative estimate of drug-likeness (QED) is 0.670. The molecule has 0 spiro atoms. The van der Waals surface area contributed by atoms with E-state index >= 15 is 0 Å². The molecule has 0 bridgehead atoms. The zero-order valence-electron chi connectivity index (χ0n) is 13.0. The molecule has 1 fully saturated rings. The van der Waals surface area contributed by atoms with E-state index in [1.165, 1.54) is 38.8 Å². The summed E-state index contributed by atoms with van der Waals surface area (Å²) in [7, 11) is 1.76. The third-order valence-electron chi connectivity index (χ3n) is 3.19. The van der Waals surface area contributed by atoms with Crippen molar-refractivity contribution in [1.29, 1.82) is 0 Å². The third-order valence-corrected chi connectivity index (χ3v) is 3.19. The second kappa shape index (κ2) is 12.7. The molecule has 2 N–H and O–H groups in total. The van der Waals surface area contributed by atoms with Gasteiger partial charge in [0, 0.05) is 26.9 Å². The van der Waals surface area contributed by atoms with Gasteiger partial charge in [0.15, 0.2) is 0 Å². The normalized spacial score (nSPS) is 16.0. The van der Waals surface area contributed by atoms with E-state index in [-0.39, 0.29) is 0 Å². The maximum atomic E-state index is 10.6. The lowest BCUT2D eigenvalue weighted by molar-refractivity contribution is -0.192. The second-order valence-corrected chi connectivity index (χ2v) is 5.12. The van der Waals surface area contributed by atoms with Crippen LogP contribution in [0.1, 0.15) is 32.1 Å². The van der Waals surface area contributed by atoms with E-state index < -0.39 is 12.1 Å². The van der Waals surface area contributed by atoms with Gasteiger partial charge in [-0.25, -0.2) is 4.79 Å². The predicted molar refractivity (Wildman–Crippen MR) is 75.8 cm³/mol. The van der Waals surface area contributed by atoms with Crippen molar-refractivity contribution in [3.05, 3.63) is 0 Å². The van der Waals surface area contributed by atoms with Gasteiger partial charge in [-0.3, -0.25) is 0 Å². The van der Waals surface area contributed by atoms with Gasteiger partial charge in [-0.1, -0.05) is 0 Å². The maximum absolute atomic E-state index is 10.6. The van der Waals surface area contributed by atoms with Crippen molar-refractivity contribution in [2.45, 2.75) is 38.3 Å². The van der Waals surface area contributed by atoms with Gasteiger partial charge in [-0.15, -0.1) is 0 Å². The molecule has 8 heteroatoms. The van der Waals surface area contributed by atoms with E-state index in [0.717, 1.165) is 32.2 Å². The average molecular weight is 329 g/mol. The highest BCUT2D eigenvalue weighted by Crippen LogP contribution is 2.13. The molecule has 0 saturated carbocycles. The molecular formula is C14H26F3NO4. The summed E-state index contributed by atoms with van der Waals surface area (Å²) in [4.78, 5) is 8.90. The Balaban J connectivity index is 0.000000534. The fourth-order valence-electron chi connectivity index (χ4n) is 1.93. The molecule has 5 nitrogen and oxygen atoms in total. The fraction of sp³-hybridized carbons (Fsp3) is 0.929. The van der Waals surface area contributed by atoms with Gasteiger partial charge in [0.25, 0.3) is 0 Å². The first kappa shape index (κ1) is 21.1. The summed E-state index contributed by atoms with van der Waals surface area (Å²) >= 11 is 0. The van der Waals surface area contributed by atoms with Crippen LogP contribution in [0.4, 0.5) is 13.2 Å². The maximum Gasteiger partial charge on any atom is 0.490 e. The molecular weight excluding hydrogens is 303 g/mol. The predicted octanol–water partition coefficient (Wildman–Crippen LogP) is 2.45. The molecule has 1 saturated heterocycles. The number of methoxy groups -OCH3 is 1. The number of unbranched alkanes of at least 4 members (excludes halogenated alkanes) is 2. The Morgan fingerprint density at radius 2 is 1.73 bits per heavy atom. The summed E-state index contributed by atoms with van der Waals surface area (Å²) in [5.74, 6) is -1.96. The number of hydrogen-bond donors (Lipinski definition) is 2. The molecule has 1 rings (SSSR count). The lowest BCUT2D eigenvalue weighted by Gasteiger charge is -2.22. The SMILES string of the molecule is COCCCCCOCC1CCNCC1.O=C(O)C(F)(F)F. The minimum atomic E-state index is -5.08. The molecule has 0 atom stereocenters. The highest BCUT2D eigenvalue weighted by molar-refractivity contribution is 5.73. The van der Waals surface area contributed by atoms with Crippen molar-refractivity contribution in [1.82, 2.24) is 5.32 Å². The Hall–Kier alpha value is -0.860. The molecule has 22 heavy (non-hydrogen) atoms. The lowest BCUT2D eigenvalue weighted by atomic mass is 9.99. The lowest BCUT2D eigenvalue weighted by Crippen LogP contribution is -2.30. The number of halogens is 3.